The number of nitrogens with zero attached hydrogens (tertiary/aromatic N) is 4. The first-order valence-electron chi connectivity index (χ1n) is 9.22. The predicted octanol–water partition coefficient (Wildman–Crippen LogP) is 3.64. The zero-order valence-corrected chi connectivity index (χ0v) is 16.2. The number of aromatic nitrogens is 4. The maximum atomic E-state index is 12.9. The lowest BCUT2D eigenvalue weighted by Crippen LogP contribution is -2.30. The van der Waals surface area contributed by atoms with Crippen LogP contribution in [0.4, 0.5) is 0 Å². The van der Waals surface area contributed by atoms with Crippen LogP contribution in [0.3, 0.4) is 0 Å². The molecule has 0 radical (unpaired) electrons. The molecule has 28 heavy (non-hydrogen) atoms. The van der Waals surface area contributed by atoms with Gasteiger partial charge < -0.3 is 5.32 Å². The average molecular weight is 392 g/mol. The van der Waals surface area contributed by atoms with E-state index < -0.39 is 0 Å². The molecule has 0 bridgehead atoms. The number of pyridine rings is 1. The van der Waals surface area contributed by atoms with Crippen molar-refractivity contribution in [3.8, 4) is 11.4 Å². The molecule has 1 aliphatic rings. The van der Waals surface area contributed by atoms with Crippen LogP contribution < -0.4 is 5.32 Å². The smallest absolute Gasteiger partial charge is 0.238 e. The first kappa shape index (κ1) is 18.4. The van der Waals surface area contributed by atoms with Crippen LogP contribution in [0.5, 0.6) is 0 Å². The Hall–Kier alpha value is -2.93. The third-order valence-electron chi connectivity index (χ3n) is 4.45. The molecule has 1 aliphatic carbocycles. The largest absolute Gasteiger partial charge is 0.352 e. The minimum atomic E-state index is -0.389. The summed E-state index contributed by atoms with van der Waals surface area (Å²) in [5.74, 6) is 0.747. The first-order valence-corrected chi connectivity index (χ1v) is 10.1. The zero-order valence-electron chi connectivity index (χ0n) is 15.4. The second kappa shape index (κ2) is 8.39. The number of rotatable bonds is 8. The van der Waals surface area contributed by atoms with Crippen molar-refractivity contribution >= 4 is 17.7 Å². The van der Waals surface area contributed by atoms with Gasteiger partial charge in [0.2, 0.25) is 5.91 Å². The summed E-state index contributed by atoms with van der Waals surface area (Å²) in [7, 11) is 0. The number of hydrogen-bond acceptors (Lipinski definition) is 5. The molecule has 2 aromatic heterocycles. The third kappa shape index (κ3) is 4.14. The van der Waals surface area contributed by atoms with Gasteiger partial charge in [-0.05, 0) is 30.5 Å². The second-order valence-corrected chi connectivity index (χ2v) is 7.71. The zero-order chi connectivity index (χ0) is 19.3. The molecule has 0 unspecified atom stereocenters. The molecule has 0 aliphatic heterocycles. The summed E-state index contributed by atoms with van der Waals surface area (Å²) in [6.45, 7) is 4.41. The molecule has 142 valence electrons. The SMILES string of the molecule is C=CCn1c(S[C@@H](C(=O)NC2CC2)c2ccccc2)nnc1-c1ccncc1. The number of benzene rings is 1. The minimum absolute atomic E-state index is 0.0114. The van der Waals surface area contributed by atoms with Gasteiger partial charge in [0.15, 0.2) is 11.0 Å². The highest BCUT2D eigenvalue weighted by molar-refractivity contribution is 8.00. The van der Waals surface area contributed by atoms with E-state index in [-0.39, 0.29) is 11.2 Å². The molecule has 2 heterocycles. The van der Waals surface area contributed by atoms with Crippen molar-refractivity contribution in [2.75, 3.05) is 0 Å². The summed E-state index contributed by atoms with van der Waals surface area (Å²) < 4.78 is 1.98. The van der Waals surface area contributed by atoms with Crippen LogP contribution in [0.15, 0.2) is 72.7 Å². The fourth-order valence-corrected chi connectivity index (χ4v) is 3.95. The molecule has 1 saturated carbocycles. The monoisotopic (exact) mass is 391 g/mol. The number of thioether (sulfide) groups is 1. The van der Waals surface area contributed by atoms with E-state index in [0.717, 1.165) is 29.8 Å². The fourth-order valence-electron chi connectivity index (χ4n) is 2.89. The molecule has 6 nitrogen and oxygen atoms in total. The number of amides is 1. The molecule has 0 spiro atoms. The standard InChI is InChI=1S/C21H21N5OS/c1-2-14-26-19(16-10-12-22-13-11-16)24-25-21(26)28-18(15-6-4-3-5-7-15)20(27)23-17-8-9-17/h2-7,10-13,17-18H,1,8-9,14H2,(H,23,27)/t18-/m1/s1. The van der Waals surface area contributed by atoms with Gasteiger partial charge in [0.05, 0.1) is 0 Å². The summed E-state index contributed by atoms with van der Waals surface area (Å²) in [4.78, 5) is 17.0. The maximum Gasteiger partial charge on any atom is 0.238 e. The van der Waals surface area contributed by atoms with Gasteiger partial charge in [-0.15, -0.1) is 16.8 Å². The average Bonchev–Trinajstić information content (AvgIpc) is 3.46. The van der Waals surface area contributed by atoms with E-state index in [1.807, 2.05) is 47.0 Å². The van der Waals surface area contributed by atoms with E-state index in [1.165, 1.54) is 11.8 Å². The normalized spacial score (nSPS) is 14.4. The van der Waals surface area contributed by atoms with Crippen LogP contribution in [0.2, 0.25) is 0 Å². The summed E-state index contributed by atoms with van der Waals surface area (Å²) in [5, 5.41) is 12.2. The number of nitrogens with one attached hydrogen (secondary N) is 1. The van der Waals surface area contributed by atoms with Crippen LogP contribution in [-0.2, 0) is 11.3 Å². The summed E-state index contributed by atoms with van der Waals surface area (Å²) in [6, 6.07) is 13.9. The maximum absolute atomic E-state index is 12.9. The lowest BCUT2D eigenvalue weighted by atomic mass is 10.1. The van der Waals surface area contributed by atoms with Crippen molar-refractivity contribution in [3.63, 3.8) is 0 Å². The predicted molar refractivity (Wildman–Crippen MR) is 110 cm³/mol. The van der Waals surface area contributed by atoms with Gasteiger partial charge in [0.25, 0.3) is 0 Å². The Morgan fingerprint density at radius 1 is 1.21 bits per heavy atom. The molecular formula is C21H21N5OS. The van der Waals surface area contributed by atoms with Gasteiger partial charge in [0.1, 0.15) is 5.25 Å². The lowest BCUT2D eigenvalue weighted by molar-refractivity contribution is -0.120. The Balaban J connectivity index is 1.67. The molecule has 7 heteroatoms. The number of allylic oxidation sites excluding steroid dienone is 1. The Morgan fingerprint density at radius 3 is 2.64 bits per heavy atom. The topological polar surface area (TPSA) is 72.7 Å². The van der Waals surface area contributed by atoms with E-state index in [9.17, 15) is 4.79 Å². The molecule has 1 fully saturated rings. The van der Waals surface area contributed by atoms with Crippen molar-refractivity contribution < 1.29 is 4.79 Å². The van der Waals surface area contributed by atoms with Gasteiger partial charge >= 0.3 is 0 Å². The highest BCUT2D eigenvalue weighted by Gasteiger charge is 2.30. The van der Waals surface area contributed by atoms with Gasteiger partial charge in [-0.2, -0.15) is 0 Å². The van der Waals surface area contributed by atoms with E-state index in [2.05, 4.69) is 27.1 Å². The van der Waals surface area contributed by atoms with E-state index in [4.69, 9.17) is 0 Å². The minimum Gasteiger partial charge on any atom is -0.352 e. The van der Waals surface area contributed by atoms with Gasteiger partial charge in [-0.25, -0.2) is 0 Å². The quantitative estimate of drug-likeness (QED) is 0.469. The van der Waals surface area contributed by atoms with Crippen molar-refractivity contribution in [1.82, 2.24) is 25.1 Å². The fraction of sp³-hybridized carbons (Fsp3) is 0.238. The van der Waals surface area contributed by atoms with Crippen molar-refractivity contribution in [3.05, 3.63) is 73.1 Å². The second-order valence-electron chi connectivity index (χ2n) is 6.63. The lowest BCUT2D eigenvalue weighted by Gasteiger charge is -2.17. The van der Waals surface area contributed by atoms with Crippen molar-refractivity contribution in [2.45, 2.75) is 35.8 Å². The molecule has 4 rings (SSSR count). The summed E-state index contributed by atoms with van der Waals surface area (Å²) in [5.41, 5.74) is 1.87. The van der Waals surface area contributed by atoms with Crippen molar-refractivity contribution in [1.29, 1.82) is 0 Å². The third-order valence-corrected chi connectivity index (χ3v) is 5.69. The summed E-state index contributed by atoms with van der Waals surface area (Å²) in [6.07, 6.45) is 7.36. The van der Waals surface area contributed by atoms with Crippen molar-refractivity contribution in [2.24, 2.45) is 0 Å². The molecule has 0 saturated heterocycles. The Kier molecular flexibility index (Phi) is 5.53. The molecule has 1 amide bonds. The molecule has 3 aromatic rings. The molecule has 1 N–H and O–H groups in total. The van der Waals surface area contributed by atoms with Gasteiger partial charge in [-0.3, -0.25) is 14.3 Å². The highest BCUT2D eigenvalue weighted by atomic mass is 32.2. The van der Waals surface area contributed by atoms with E-state index in [1.54, 1.807) is 18.5 Å². The van der Waals surface area contributed by atoms with Crippen LogP contribution in [0, 0.1) is 0 Å². The Morgan fingerprint density at radius 2 is 1.96 bits per heavy atom. The first-order chi connectivity index (χ1) is 13.8. The summed E-state index contributed by atoms with van der Waals surface area (Å²) >= 11 is 1.42. The van der Waals surface area contributed by atoms with Crippen LogP contribution in [-0.4, -0.2) is 31.7 Å². The Bertz CT molecular complexity index is 953. The molecular weight excluding hydrogens is 370 g/mol. The number of hydrogen-bond donors (Lipinski definition) is 1. The van der Waals surface area contributed by atoms with Gasteiger partial charge in [0, 0.05) is 30.5 Å². The number of carbonyl (C=O) groups is 1. The number of carbonyl (C=O) groups excluding carboxylic acids is 1. The Labute approximate surface area is 168 Å². The van der Waals surface area contributed by atoms with E-state index in [0.29, 0.717) is 17.7 Å². The van der Waals surface area contributed by atoms with Gasteiger partial charge in [-0.1, -0.05) is 48.2 Å². The van der Waals surface area contributed by atoms with E-state index >= 15 is 0 Å². The van der Waals surface area contributed by atoms with Crippen LogP contribution >= 0.6 is 11.8 Å². The molecule has 1 aromatic carbocycles. The molecule has 1 atom stereocenters. The van der Waals surface area contributed by atoms with Crippen LogP contribution in [0.25, 0.3) is 11.4 Å². The van der Waals surface area contributed by atoms with Crippen LogP contribution in [0.1, 0.15) is 23.7 Å². The highest BCUT2D eigenvalue weighted by Crippen LogP contribution is 2.37.